The van der Waals surface area contributed by atoms with E-state index in [0.717, 1.165) is 12.2 Å². The molecule has 1 aromatic carbocycles. The van der Waals surface area contributed by atoms with Crippen molar-refractivity contribution in [3.8, 4) is 0 Å². The van der Waals surface area contributed by atoms with Crippen LogP contribution in [0.5, 0.6) is 0 Å². The standard InChI is InChI=1S/C12H15N3O.ClH/c1-9-5-3-4-6-10(9)7-11-14-12(8-13-2)16-15-11;/h3-6,13H,7-8H2,1-2H3;1H. The van der Waals surface area contributed by atoms with Gasteiger partial charge in [0.25, 0.3) is 0 Å². The van der Waals surface area contributed by atoms with Crippen LogP contribution < -0.4 is 5.32 Å². The van der Waals surface area contributed by atoms with Crippen molar-refractivity contribution in [2.45, 2.75) is 19.9 Å². The second-order valence-corrected chi connectivity index (χ2v) is 3.74. The fourth-order valence-corrected chi connectivity index (χ4v) is 1.56. The first-order valence-electron chi connectivity index (χ1n) is 5.30. The zero-order valence-corrected chi connectivity index (χ0v) is 10.8. The Hall–Kier alpha value is -1.39. The molecule has 5 heteroatoms. The average Bonchev–Trinajstić information content (AvgIpc) is 2.70. The van der Waals surface area contributed by atoms with Crippen LogP contribution in [0.25, 0.3) is 0 Å². The van der Waals surface area contributed by atoms with Gasteiger partial charge in [0.15, 0.2) is 5.82 Å². The van der Waals surface area contributed by atoms with Crippen molar-refractivity contribution >= 4 is 12.4 Å². The molecule has 2 aromatic rings. The van der Waals surface area contributed by atoms with Gasteiger partial charge in [-0.3, -0.25) is 0 Å². The van der Waals surface area contributed by atoms with Crippen molar-refractivity contribution in [3.05, 3.63) is 47.1 Å². The molecule has 17 heavy (non-hydrogen) atoms. The van der Waals surface area contributed by atoms with Gasteiger partial charge in [0.1, 0.15) is 0 Å². The van der Waals surface area contributed by atoms with Crippen molar-refractivity contribution in [2.24, 2.45) is 0 Å². The fourth-order valence-electron chi connectivity index (χ4n) is 1.56. The first-order valence-corrected chi connectivity index (χ1v) is 5.30. The summed E-state index contributed by atoms with van der Waals surface area (Å²) in [4.78, 5) is 4.30. The second kappa shape index (κ2) is 6.37. The minimum Gasteiger partial charge on any atom is -0.338 e. The molecule has 0 spiro atoms. The van der Waals surface area contributed by atoms with Gasteiger partial charge in [-0.2, -0.15) is 4.98 Å². The van der Waals surface area contributed by atoms with E-state index in [9.17, 15) is 0 Å². The topological polar surface area (TPSA) is 51.0 Å². The molecule has 0 saturated heterocycles. The maximum atomic E-state index is 5.09. The quantitative estimate of drug-likeness (QED) is 0.907. The molecule has 4 nitrogen and oxygen atoms in total. The van der Waals surface area contributed by atoms with Gasteiger partial charge >= 0.3 is 0 Å². The molecule has 0 unspecified atom stereocenters. The minimum atomic E-state index is 0. The summed E-state index contributed by atoms with van der Waals surface area (Å²) in [5.41, 5.74) is 2.49. The van der Waals surface area contributed by atoms with Gasteiger partial charge in [-0.1, -0.05) is 29.4 Å². The summed E-state index contributed by atoms with van der Waals surface area (Å²) in [6.45, 7) is 2.70. The lowest BCUT2D eigenvalue weighted by atomic mass is 10.1. The molecule has 0 aliphatic carbocycles. The lowest BCUT2D eigenvalue weighted by Gasteiger charge is -2.00. The van der Waals surface area contributed by atoms with E-state index >= 15 is 0 Å². The third-order valence-electron chi connectivity index (χ3n) is 2.45. The monoisotopic (exact) mass is 253 g/mol. The van der Waals surface area contributed by atoms with Gasteiger partial charge in [-0.05, 0) is 25.1 Å². The summed E-state index contributed by atoms with van der Waals surface area (Å²) < 4.78 is 5.09. The molecular formula is C12H16ClN3O. The molecule has 0 radical (unpaired) electrons. The molecule has 0 fully saturated rings. The van der Waals surface area contributed by atoms with Crippen LogP contribution in [0.15, 0.2) is 28.8 Å². The number of nitrogens with one attached hydrogen (secondary N) is 1. The van der Waals surface area contributed by atoms with Gasteiger partial charge in [0.2, 0.25) is 5.89 Å². The van der Waals surface area contributed by atoms with E-state index in [1.807, 2.05) is 19.2 Å². The maximum absolute atomic E-state index is 5.09. The van der Waals surface area contributed by atoms with E-state index in [0.29, 0.717) is 12.4 Å². The highest BCUT2D eigenvalue weighted by atomic mass is 35.5. The number of hydrogen-bond donors (Lipinski definition) is 1. The Morgan fingerprint density at radius 2 is 2.06 bits per heavy atom. The first-order chi connectivity index (χ1) is 7.79. The molecule has 0 amide bonds. The van der Waals surface area contributed by atoms with Crippen LogP contribution in [-0.2, 0) is 13.0 Å². The normalized spacial score (nSPS) is 10.0. The maximum Gasteiger partial charge on any atom is 0.240 e. The van der Waals surface area contributed by atoms with E-state index in [-0.39, 0.29) is 12.4 Å². The number of halogens is 1. The predicted octanol–water partition coefficient (Wildman–Crippen LogP) is 2.11. The smallest absolute Gasteiger partial charge is 0.240 e. The number of nitrogens with zero attached hydrogens (tertiary/aromatic N) is 2. The lowest BCUT2D eigenvalue weighted by Crippen LogP contribution is -2.05. The summed E-state index contributed by atoms with van der Waals surface area (Å²) in [6, 6.07) is 8.23. The molecule has 0 bridgehead atoms. The number of benzene rings is 1. The Balaban J connectivity index is 0.00000144. The highest BCUT2D eigenvalue weighted by Crippen LogP contribution is 2.11. The number of rotatable bonds is 4. The van der Waals surface area contributed by atoms with Crippen molar-refractivity contribution in [3.63, 3.8) is 0 Å². The van der Waals surface area contributed by atoms with Crippen LogP contribution in [0.1, 0.15) is 22.8 Å². The number of aromatic nitrogens is 2. The minimum absolute atomic E-state index is 0. The third-order valence-corrected chi connectivity index (χ3v) is 2.45. The van der Waals surface area contributed by atoms with Crippen LogP contribution in [0, 0.1) is 6.92 Å². The Bertz CT molecular complexity index is 470. The van der Waals surface area contributed by atoms with Gasteiger partial charge in [0.05, 0.1) is 6.54 Å². The molecule has 1 heterocycles. The average molecular weight is 254 g/mol. The Morgan fingerprint density at radius 3 is 2.76 bits per heavy atom. The van der Waals surface area contributed by atoms with E-state index in [1.165, 1.54) is 11.1 Å². The molecule has 0 atom stereocenters. The molecule has 0 aliphatic heterocycles. The zero-order valence-electron chi connectivity index (χ0n) is 9.93. The van der Waals surface area contributed by atoms with Crippen LogP contribution in [0.3, 0.4) is 0 Å². The molecule has 0 saturated carbocycles. The third kappa shape index (κ3) is 3.54. The van der Waals surface area contributed by atoms with Crippen LogP contribution in [0.2, 0.25) is 0 Å². The molecule has 2 rings (SSSR count). The molecule has 0 aliphatic rings. The Morgan fingerprint density at radius 1 is 1.29 bits per heavy atom. The van der Waals surface area contributed by atoms with Crippen molar-refractivity contribution in [2.75, 3.05) is 7.05 Å². The van der Waals surface area contributed by atoms with Crippen LogP contribution >= 0.6 is 12.4 Å². The molecule has 92 valence electrons. The van der Waals surface area contributed by atoms with Crippen LogP contribution in [0.4, 0.5) is 0 Å². The lowest BCUT2D eigenvalue weighted by molar-refractivity contribution is 0.367. The zero-order chi connectivity index (χ0) is 11.4. The van der Waals surface area contributed by atoms with Gasteiger partial charge in [0, 0.05) is 6.42 Å². The summed E-state index contributed by atoms with van der Waals surface area (Å²) in [7, 11) is 1.85. The van der Waals surface area contributed by atoms with Crippen molar-refractivity contribution < 1.29 is 4.52 Å². The summed E-state index contributed by atoms with van der Waals surface area (Å²) >= 11 is 0. The summed E-state index contributed by atoms with van der Waals surface area (Å²) in [6.07, 6.45) is 0.722. The Kier molecular flexibility index (Phi) is 5.12. The van der Waals surface area contributed by atoms with Crippen molar-refractivity contribution in [1.82, 2.24) is 15.5 Å². The number of aryl methyl sites for hydroxylation is 1. The SMILES string of the molecule is CNCc1nc(Cc2ccccc2C)no1.Cl. The summed E-state index contributed by atoms with van der Waals surface area (Å²) in [5, 5.41) is 6.92. The predicted molar refractivity (Wildman–Crippen MR) is 68.3 cm³/mol. The largest absolute Gasteiger partial charge is 0.338 e. The Labute approximate surface area is 107 Å². The second-order valence-electron chi connectivity index (χ2n) is 3.74. The first kappa shape index (κ1) is 13.7. The van der Waals surface area contributed by atoms with E-state index < -0.39 is 0 Å². The van der Waals surface area contributed by atoms with Gasteiger partial charge < -0.3 is 9.84 Å². The van der Waals surface area contributed by atoms with Crippen LogP contribution in [-0.4, -0.2) is 17.2 Å². The highest BCUT2D eigenvalue weighted by molar-refractivity contribution is 5.85. The van der Waals surface area contributed by atoms with Crippen molar-refractivity contribution in [1.29, 1.82) is 0 Å². The van der Waals surface area contributed by atoms with E-state index in [2.05, 4.69) is 34.5 Å². The highest BCUT2D eigenvalue weighted by Gasteiger charge is 2.07. The molecule has 1 N–H and O–H groups in total. The van der Waals surface area contributed by atoms with Gasteiger partial charge in [-0.25, -0.2) is 0 Å². The van der Waals surface area contributed by atoms with E-state index in [4.69, 9.17) is 4.52 Å². The van der Waals surface area contributed by atoms with E-state index in [1.54, 1.807) is 0 Å². The number of hydrogen-bond acceptors (Lipinski definition) is 4. The van der Waals surface area contributed by atoms with Gasteiger partial charge in [-0.15, -0.1) is 12.4 Å². The summed E-state index contributed by atoms with van der Waals surface area (Å²) in [5.74, 6) is 1.37. The molecule has 1 aromatic heterocycles. The fraction of sp³-hybridized carbons (Fsp3) is 0.333. The molecular weight excluding hydrogens is 238 g/mol.